The Balaban J connectivity index is 2.45. The predicted octanol–water partition coefficient (Wildman–Crippen LogP) is 0.880. The van der Waals surface area contributed by atoms with Crippen LogP contribution in [-0.4, -0.2) is 29.2 Å². The number of hydrogen-bond donors (Lipinski definition) is 1. The van der Waals surface area contributed by atoms with E-state index < -0.39 is 0 Å². The third kappa shape index (κ3) is 2.14. The zero-order valence-corrected chi connectivity index (χ0v) is 10.6. The quantitative estimate of drug-likeness (QED) is 0.869. The van der Waals surface area contributed by atoms with Crippen LogP contribution in [0.15, 0.2) is 24.4 Å². The minimum absolute atomic E-state index is 0.366. The Morgan fingerprint density at radius 3 is 2.61 bits per heavy atom. The van der Waals surface area contributed by atoms with Crippen LogP contribution in [-0.2, 0) is 7.05 Å². The molecule has 0 aliphatic rings. The third-order valence-corrected chi connectivity index (χ3v) is 2.84. The van der Waals surface area contributed by atoms with Crippen LogP contribution < -0.4 is 15.2 Å². The maximum Gasteiger partial charge on any atom is 0.124 e. The Hall–Kier alpha value is -2.08. The molecule has 1 aromatic heterocycles. The van der Waals surface area contributed by atoms with Crippen molar-refractivity contribution >= 4 is 0 Å². The summed E-state index contributed by atoms with van der Waals surface area (Å²) >= 11 is 0. The van der Waals surface area contributed by atoms with Crippen molar-refractivity contribution in [3.8, 4) is 11.5 Å². The lowest BCUT2D eigenvalue weighted by atomic mass is 10.0. The normalized spacial score (nSPS) is 12.2. The molecule has 1 unspecified atom stereocenters. The molecule has 6 heteroatoms. The van der Waals surface area contributed by atoms with Crippen LogP contribution in [0, 0.1) is 0 Å². The Bertz CT molecular complexity index is 539. The van der Waals surface area contributed by atoms with E-state index in [0.717, 1.165) is 17.0 Å². The molecular formula is C12H16N4O2. The minimum Gasteiger partial charge on any atom is -0.497 e. The van der Waals surface area contributed by atoms with E-state index in [2.05, 4.69) is 10.3 Å². The van der Waals surface area contributed by atoms with Gasteiger partial charge in [0.1, 0.15) is 11.5 Å². The molecule has 0 amide bonds. The maximum absolute atomic E-state index is 6.23. The van der Waals surface area contributed by atoms with Crippen molar-refractivity contribution in [2.75, 3.05) is 14.2 Å². The van der Waals surface area contributed by atoms with Gasteiger partial charge in [0.2, 0.25) is 0 Å². The number of hydrogen-bond acceptors (Lipinski definition) is 5. The van der Waals surface area contributed by atoms with Crippen molar-refractivity contribution in [1.29, 1.82) is 0 Å². The molecule has 2 N–H and O–H groups in total. The fraction of sp³-hybridized carbons (Fsp3) is 0.333. The van der Waals surface area contributed by atoms with Gasteiger partial charge < -0.3 is 15.2 Å². The van der Waals surface area contributed by atoms with Crippen LogP contribution in [0.5, 0.6) is 11.5 Å². The largest absolute Gasteiger partial charge is 0.497 e. The Morgan fingerprint density at radius 2 is 2.06 bits per heavy atom. The Morgan fingerprint density at radius 1 is 1.28 bits per heavy atom. The van der Waals surface area contributed by atoms with Gasteiger partial charge >= 0.3 is 0 Å². The number of methoxy groups -OCH3 is 2. The maximum atomic E-state index is 6.23. The second kappa shape index (κ2) is 5.05. The minimum atomic E-state index is -0.366. The second-order valence-electron chi connectivity index (χ2n) is 3.87. The average molecular weight is 248 g/mol. The highest BCUT2D eigenvalue weighted by Crippen LogP contribution is 2.31. The molecule has 2 rings (SSSR count). The van der Waals surface area contributed by atoms with E-state index in [1.54, 1.807) is 32.1 Å². The summed E-state index contributed by atoms with van der Waals surface area (Å²) in [7, 11) is 5.02. The Kier molecular flexibility index (Phi) is 3.47. The summed E-state index contributed by atoms with van der Waals surface area (Å²) < 4.78 is 12.2. The van der Waals surface area contributed by atoms with Crippen molar-refractivity contribution in [2.45, 2.75) is 6.04 Å². The van der Waals surface area contributed by atoms with Gasteiger partial charge in [-0.2, -0.15) is 0 Å². The van der Waals surface area contributed by atoms with Gasteiger partial charge in [0.05, 0.1) is 32.2 Å². The summed E-state index contributed by atoms with van der Waals surface area (Å²) in [4.78, 5) is 0. The number of rotatable bonds is 4. The van der Waals surface area contributed by atoms with Gasteiger partial charge in [-0.1, -0.05) is 5.21 Å². The summed E-state index contributed by atoms with van der Waals surface area (Å²) in [6.07, 6.45) is 1.64. The molecule has 0 bridgehead atoms. The fourth-order valence-corrected chi connectivity index (χ4v) is 1.82. The fourth-order valence-electron chi connectivity index (χ4n) is 1.82. The van der Waals surface area contributed by atoms with E-state index in [-0.39, 0.29) is 6.04 Å². The number of benzene rings is 1. The highest BCUT2D eigenvalue weighted by atomic mass is 16.5. The predicted molar refractivity (Wildman–Crippen MR) is 66.6 cm³/mol. The summed E-state index contributed by atoms with van der Waals surface area (Å²) in [5, 5.41) is 7.70. The molecule has 0 saturated carbocycles. The van der Waals surface area contributed by atoms with E-state index in [9.17, 15) is 0 Å². The lowest BCUT2D eigenvalue weighted by molar-refractivity contribution is 0.396. The number of nitrogens with two attached hydrogens (primary N) is 1. The van der Waals surface area contributed by atoms with Gasteiger partial charge in [0.25, 0.3) is 0 Å². The molecule has 0 aliphatic carbocycles. The third-order valence-electron chi connectivity index (χ3n) is 2.84. The first-order valence-corrected chi connectivity index (χ1v) is 5.49. The van der Waals surface area contributed by atoms with Crippen LogP contribution in [0.2, 0.25) is 0 Å². The molecule has 0 radical (unpaired) electrons. The van der Waals surface area contributed by atoms with Crippen molar-refractivity contribution in [1.82, 2.24) is 15.0 Å². The van der Waals surface area contributed by atoms with Crippen molar-refractivity contribution in [2.24, 2.45) is 12.8 Å². The van der Waals surface area contributed by atoms with Crippen LogP contribution in [0.3, 0.4) is 0 Å². The summed E-state index contributed by atoms with van der Waals surface area (Å²) in [6.45, 7) is 0. The lowest BCUT2D eigenvalue weighted by Crippen LogP contribution is -2.17. The monoisotopic (exact) mass is 248 g/mol. The summed E-state index contributed by atoms with van der Waals surface area (Å²) in [5.41, 5.74) is 7.87. The lowest BCUT2D eigenvalue weighted by Gasteiger charge is -2.16. The van der Waals surface area contributed by atoms with E-state index in [4.69, 9.17) is 15.2 Å². The molecule has 0 fully saturated rings. The molecule has 1 aromatic carbocycles. The number of ether oxygens (including phenoxy) is 2. The molecule has 1 heterocycles. The zero-order chi connectivity index (χ0) is 13.1. The van der Waals surface area contributed by atoms with Crippen molar-refractivity contribution < 1.29 is 9.47 Å². The second-order valence-corrected chi connectivity index (χ2v) is 3.87. The van der Waals surface area contributed by atoms with E-state index in [1.807, 2.05) is 18.2 Å². The zero-order valence-electron chi connectivity index (χ0n) is 10.6. The molecule has 1 atom stereocenters. The van der Waals surface area contributed by atoms with Crippen molar-refractivity contribution in [3.05, 3.63) is 35.7 Å². The van der Waals surface area contributed by atoms with E-state index >= 15 is 0 Å². The molecule has 96 valence electrons. The first kappa shape index (κ1) is 12.4. The number of nitrogens with zero attached hydrogens (tertiary/aromatic N) is 3. The average Bonchev–Trinajstić information content (AvgIpc) is 2.83. The van der Waals surface area contributed by atoms with Gasteiger partial charge in [-0.25, -0.2) is 0 Å². The molecule has 0 spiro atoms. The van der Waals surface area contributed by atoms with Gasteiger partial charge in [0.15, 0.2) is 0 Å². The molecule has 6 nitrogen and oxygen atoms in total. The Labute approximate surface area is 105 Å². The summed E-state index contributed by atoms with van der Waals surface area (Å²) in [5.74, 6) is 1.45. The van der Waals surface area contributed by atoms with Gasteiger partial charge in [-0.15, -0.1) is 5.10 Å². The molecule has 0 aliphatic heterocycles. The van der Waals surface area contributed by atoms with Gasteiger partial charge in [-0.05, 0) is 18.2 Å². The topological polar surface area (TPSA) is 75.2 Å². The standard InChI is InChI=1S/C12H16N4O2/c1-16-10(7-14-15-16)12(13)9-6-8(17-2)4-5-11(9)18-3/h4-7,12H,13H2,1-3H3. The molecule has 2 aromatic rings. The summed E-state index contributed by atoms with van der Waals surface area (Å²) in [6, 6.07) is 5.15. The first-order chi connectivity index (χ1) is 8.67. The van der Waals surface area contributed by atoms with Crippen molar-refractivity contribution in [3.63, 3.8) is 0 Å². The van der Waals surface area contributed by atoms with Crippen LogP contribution in [0.4, 0.5) is 0 Å². The molecular weight excluding hydrogens is 232 g/mol. The SMILES string of the molecule is COc1ccc(OC)c(C(N)c2cnnn2C)c1. The van der Waals surface area contributed by atoms with Crippen LogP contribution >= 0.6 is 0 Å². The van der Waals surface area contributed by atoms with Crippen LogP contribution in [0.25, 0.3) is 0 Å². The molecule has 0 saturated heterocycles. The number of aryl methyl sites for hydroxylation is 1. The van der Waals surface area contributed by atoms with E-state index in [0.29, 0.717) is 5.75 Å². The van der Waals surface area contributed by atoms with Gasteiger partial charge in [-0.3, -0.25) is 4.68 Å². The molecule has 18 heavy (non-hydrogen) atoms. The number of aromatic nitrogens is 3. The van der Waals surface area contributed by atoms with E-state index in [1.165, 1.54) is 0 Å². The van der Waals surface area contributed by atoms with Crippen LogP contribution in [0.1, 0.15) is 17.3 Å². The highest BCUT2D eigenvalue weighted by molar-refractivity contribution is 5.44. The first-order valence-electron chi connectivity index (χ1n) is 5.49. The van der Waals surface area contributed by atoms with Gasteiger partial charge in [0, 0.05) is 12.6 Å². The smallest absolute Gasteiger partial charge is 0.124 e. The highest BCUT2D eigenvalue weighted by Gasteiger charge is 2.18.